The fourth-order valence-corrected chi connectivity index (χ4v) is 3.00. The fourth-order valence-electron chi connectivity index (χ4n) is 3.00. The van der Waals surface area contributed by atoms with Crippen LogP contribution in [0.1, 0.15) is 26.7 Å². The SMILES string of the molecule is CCCN1CCC(CN=C(NCC)NCCOc2ccccc2)C1.I. The number of aliphatic imine (C=N–C) groups is 1. The number of ether oxygens (including phenoxy) is 1. The molecule has 1 aromatic rings. The number of hydrogen-bond donors (Lipinski definition) is 2. The van der Waals surface area contributed by atoms with E-state index in [1.807, 2.05) is 30.3 Å². The Bertz CT molecular complexity index is 484. The minimum absolute atomic E-state index is 0. The van der Waals surface area contributed by atoms with Gasteiger partial charge in [-0.15, -0.1) is 24.0 Å². The maximum absolute atomic E-state index is 5.70. The summed E-state index contributed by atoms with van der Waals surface area (Å²) in [7, 11) is 0. The Morgan fingerprint density at radius 1 is 1.24 bits per heavy atom. The summed E-state index contributed by atoms with van der Waals surface area (Å²) in [6.45, 7) is 11.1. The lowest BCUT2D eigenvalue weighted by Crippen LogP contribution is -2.39. The molecule has 1 atom stereocenters. The van der Waals surface area contributed by atoms with Crippen molar-refractivity contribution < 1.29 is 4.74 Å². The topological polar surface area (TPSA) is 48.9 Å². The average Bonchev–Trinajstić information content (AvgIpc) is 3.05. The third kappa shape index (κ3) is 8.76. The molecule has 2 rings (SSSR count). The van der Waals surface area contributed by atoms with Gasteiger partial charge in [-0.05, 0) is 50.9 Å². The van der Waals surface area contributed by atoms with Gasteiger partial charge in [0.25, 0.3) is 0 Å². The molecule has 1 saturated heterocycles. The Morgan fingerprint density at radius 2 is 2.04 bits per heavy atom. The van der Waals surface area contributed by atoms with E-state index in [0.29, 0.717) is 12.5 Å². The number of likely N-dealkylation sites (tertiary alicyclic amines) is 1. The molecule has 0 saturated carbocycles. The lowest BCUT2D eigenvalue weighted by atomic mass is 10.1. The predicted octanol–water partition coefficient (Wildman–Crippen LogP) is 2.97. The van der Waals surface area contributed by atoms with Gasteiger partial charge < -0.3 is 20.3 Å². The van der Waals surface area contributed by atoms with Crippen LogP contribution in [0.15, 0.2) is 35.3 Å². The molecule has 0 aromatic heterocycles. The number of para-hydroxylation sites is 1. The summed E-state index contributed by atoms with van der Waals surface area (Å²) >= 11 is 0. The highest BCUT2D eigenvalue weighted by Gasteiger charge is 2.21. The van der Waals surface area contributed by atoms with Crippen LogP contribution in [-0.2, 0) is 0 Å². The van der Waals surface area contributed by atoms with Crippen molar-refractivity contribution in [2.45, 2.75) is 26.7 Å². The van der Waals surface area contributed by atoms with E-state index in [0.717, 1.165) is 31.3 Å². The van der Waals surface area contributed by atoms with Gasteiger partial charge in [0.1, 0.15) is 12.4 Å². The molecular weight excluding hydrogens is 427 g/mol. The smallest absolute Gasteiger partial charge is 0.191 e. The van der Waals surface area contributed by atoms with Gasteiger partial charge >= 0.3 is 0 Å². The van der Waals surface area contributed by atoms with Gasteiger partial charge in [-0.1, -0.05) is 25.1 Å². The van der Waals surface area contributed by atoms with Crippen molar-refractivity contribution in [1.82, 2.24) is 15.5 Å². The highest BCUT2D eigenvalue weighted by molar-refractivity contribution is 14.0. The van der Waals surface area contributed by atoms with Gasteiger partial charge in [-0.25, -0.2) is 0 Å². The zero-order valence-electron chi connectivity index (χ0n) is 15.5. The normalized spacial score (nSPS) is 17.8. The summed E-state index contributed by atoms with van der Waals surface area (Å²) in [6, 6.07) is 9.91. The monoisotopic (exact) mass is 460 g/mol. The lowest BCUT2D eigenvalue weighted by Gasteiger charge is -2.15. The molecule has 1 heterocycles. The Labute approximate surface area is 169 Å². The molecule has 0 bridgehead atoms. The van der Waals surface area contributed by atoms with E-state index in [-0.39, 0.29) is 24.0 Å². The van der Waals surface area contributed by atoms with Crippen LogP contribution in [0.2, 0.25) is 0 Å². The Morgan fingerprint density at radius 3 is 2.76 bits per heavy atom. The number of hydrogen-bond acceptors (Lipinski definition) is 3. The number of guanidine groups is 1. The standard InChI is InChI=1S/C19H32N4O.HI/c1-3-12-23-13-10-17(16-23)15-22-19(20-4-2)21-11-14-24-18-8-6-5-7-9-18;/h5-9,17H,3-4,10-16H2,1-2H3,(H2,20,21,22);1H. The molecule has 5 nitrogen and oxygen atoms in total. The fraction of sp³-hybridized carbons (Fsp3) is 0.632. The highest BCUT2D eigenvalue weighted by Crippen LogP contribution is 2.16. The number of halogens is 1. The van der Waals surface area contributed by atoms with Crippen LogP contribution in [0.4, 0.5) is 0 Å². The van der Waals surface area contributed by atoms with Gasteiger partial charge in [-0.2, -0.15) is 0 Å². The van der Waals surface area contributed by atoms with E-state index >= 15 is 0 Å². The zero-order chi connectivity index (χ0) is 17.0. The van der Waals surface area contributed by atoms with E-state index in [4.69, 9.17) is 9.73 Å². The van der Waals surface area contributed by atoms with E-state index in [9.17, 15) is 0 Å². The number of rotatable bonds is 9. The third-order valence-electron chi connectivity index (χ3n) is 4.17. The number of nitrogens with one attached hydrogen (secondary N) is 2. The maximum atomic E-state index is 5.70. The molecule has 25 heavy (non-hydrogen) atoms. The minimum atomic E-state index is 0. The van der Waals surface area contributed by atoms with Crippen molar-refractivity contribution in [2.24, 2.45) is 10.9 Å². The quantitative estimate of drug-likeness (QED) is 0.258. The van der Waals surface area contributed by atoms with Gasteiger partial charge in [0.05, 0.1) is 6.54 Å². The van der Waals surface area contributed by atoms with Crippen LogP contribution < -0.4 is 15.4 Å². The summed E-state index contributed by atoms with van der Waals surface area (Å²) in [4.78, 5) is 7.30. The van der Waals surface area contributed by atoms with Crippen molar-refractivity contribution in [3.63, 3.8) is 0 Å². The number of benzene rings is 1. The Balaban J connectivity index is 0.00000312. The van der Waals surface area contributed by atoms with E-state index < -0.39 is 0 Å². The van der Waals surface area contributed by atoms with Crippen molar-refractivity contribution in [2.75, 3.05) is 45.9 Å². The lowest BCUT2D eigenvalue weighted by molar-refractivity contribution is 0.321. The molecule has 1 unspecified atom stereocenters. The molecule has 0 radical (unpaired) electrons. The van der Waals surface area contributed by atoms with Crippen LogP contribution in [0.3, 0.4) is 0 Å². The molecule has 0 spiro atoms. The molecule has 1 aliphatic rings. The summed E-state index contributed by atoms with van der Waals surface area (Å²) in [5, 5.41) is 6.66. The first-order valence-electron chi connectivity index (χ1n) is 9.24. The van der Waals surface area contributed by atoms with Crippen LogP contribution in [0.5, 0.6) is 5.75 Å². The van der Waals surface area contributed by atoms with E-state index in [1.54, 1.807) is 0 Å². The van der Waals surface area contributed by atoms with Crippen LogP contribution in [0.25, 0.3) is 0 Å². The first-order valence-corrected chi connectivity index (χ1v) is 9.24. The highest BCUT2D eigenvalue weighted by atomic mass is 127. The largest absolute Gasteiger partial charge is 0.492 e. The van der Waals surface area contributed by atoms with Crippen molar-refractivity contribution in [1.29, 1.82) is 0 Å². The van der Waals surface area contributed by atoms with Gasteiger partial charge in [0.2, 0.25) is 0 Å². The molecular formula is C19H33IN4O. The van der Waals surface area contributed by atoms with Crippen molar-refractivity contribution in [3.05, 3.63) is 30.3 Å². The first kappa shape index (κ1) is 22.0. The number of nitrogens with zero attached hydrogens (tertiary/aromatic N) is 2. The second-order valence-electron chi connectivity index (χ2n) is 6.26. The van der Waals surface area contributed by atoms with Crippen molar-refractivity contribution in [3.8, 4) is 5.75 Å². The third-order valence-corrected chi connectivity index (χ3v) is 4.17. The molecule has 2 N–H and O–H groups in total. The zero-order valence-corrected chi connectivity index (χ0v) is 17.9. The first-order chi connectivity index (χ1) is 11.8. The van der Waals surface area contributed by atoms with E-state index in [2.05, 4.69) is 29.4 Å². The van der Waals surface area contributed by atoms with E-state index in [1.165, 1.54) is 32.5 Å². The maximum Gasteiger partial charge on any atom is 0.191 e. The molecule has 0 aliphatic carbocycles. The average molecular weight is 460 g/mol. The second kappa shape index (κ2) is 13.2. The molecule has 0 amide bonds. The van der Waals surface area contributed by atoms with Crippen LogP contribution in [0, 0.1) is 5.92 Å². The summed E-state index contributed by atoms with van der Waals surface area (Å²) in [6.07, 6.45) is 2.50. The Hall–Kier alpha value is -1.02. The van der Waals surface area contributed by atoms with Gasteiger partial charge in [0.15, 0.2) is 5.96 Å². The molecule has 1 aromatic carbocycles. The summed E-state index contributed by atoms with van der Waals surface area (Å²) in [5.41, 5.74) is 0. The Kier molecular flexibility index (Phi) is 11.6. The predicted molar refractivity (Wildman–Crippen MR) is 116 cm³/mol. The summed E-state index contributed by atoms with van der Waals surface area (Å²) < 4.78 is 5.70. The van der Waals surface area contributed by atoms with Crippen molar-refractivity contribution >= 4 is 29.9 Å². The summed E-state index contributed by atoms with van der Waals surface area (Å²) in [5.74, 6) is 2.49. The molecule has 1 fully saturated rings. The van der Waals surface area contributed by atoms with Gasteiger partial charge in [0, 0.05) is 19.6 Å². The van der Waals surface area contributed by atoms with Crippen LogP contribution in [-0.4, -0.2) is 56.7 Å². The van der Waals surface area contributed by atoms with Crippen LogP contribution >= 0.6 is 24.0 Å². The van der Waals surface area contributed by atoms with Gasteiger partial charge in [-0.3, -0.25) is 4.99 Å². The molecule has 142 valence electrons. The molecule has 1 aliphatic heterocycles. The molecule has 6 heteroatoms. The second-order valence-corrected chi connectivity index (χ2v) is 6.26. The minimum Gasteiger partial charge on any atom is -0.492 e.